The van der Waals surface area contributed by atoms with Gasteiger partial charge in [-0.05, 0) is 12.0 Å². The Morgan fingerprint density at radius 3 is 2.55 bits per heavy atom. The van der Waals surface area contributed by atoms with Gasteiger partial charge in [-0.25, -0.2) is 0 Å². The van der Waals surface area contributed by atoms with Gasteiger partial charge in [-0.2, -0.15) is 0 Å². The molecule has 1 unspecified atom stereocenters. The van der Waals surface area contributed by atoms with Crippen LogP contribution in [0.4, 0.5) is 0 Å². The highest BCUT2D eigenvalue weighted by Crippen LogP contribution is 2.07. The van der Waals surface area contributed by atoms with E-state index >= 15 is 0 Å². The van der Waals surface area contributed by atoms with Crippen LogP contribution in [0.15, 0.2) is 30.3 Å². The Bertz CT molecular complexity index is 220. The van der Waals surface area contributed by atoms with Crippen molar-refractivity contribution in [3.63, 3.8) is 0 Å². The van der Waals surface area contributed by atoms with E-state index in [2.05, 4.69) is 22.6 Å². The van der Waals surface area contributed by atoms with Crippen molar-refractivity contribution in [1.29, 1.82) is 0 Å². The summed E-state index contributed by atoms with van der Waals surface area (Å²) < 4.78 is 0.106. The lowest BCUT2D eigenvalue weighted by atomic mass is 10.1. The van der Waals surface area contributed by atoms with Gasteiger partial charge in [-0.15, -0.1) is 0 Å². The highest BCUT2D eigenvalue weighted by Gasteiger charge is 2.01. The zero-order chi connectivity index (χ0) is 8.10. The molecule has 11 heavy (non-hydrogen) atoms. The van der Waals surface area contributed by atoms with Crippen LogP contribution in [0.1, 0.15) is 5.56 Å². The molecule has 0 spiro atoms. The minimum atomic E-state index is 0.106. The first-order valence-corrected chi connectivity index (χ1v) is 4.71. The molecule has 0 N–H and O–H groups in total. The second-order valence-electron chi connectivity index (χ2n) is 2.34. The largest absolute Gasteiger partial charge is 0.302 e. The van der Waals surface area contributed by atoms with E-state index in [-0.39, 0.29) is 3.92 Å². The topological polar surface area (TPSA) is 17.1 Å². The lowest BCUT2D eigenvalue weighted by Crippen LogP contribution is -2.02. The van der Waals surface area contributed by atoms with Crippen LogP contribution >= 0.6 is 22.6 Å². The normalized spacial score (nSPS) is 12.5. The van der Waals surface area contributed by atoms with Gasteiger partial charge in [0.2, 0.25) is 0 Å². The third kappa shape index (κ3) is 3.01. The van der Waals surface area contributed by atoms with Crippen molar-refractivity contribution in [2.75, 3.05) is 0 Å². The molecule has 0 aliphatic heterocycles. The summed E-state index contributed by atoms with van der Waals surface area (Å²) in [7, 11) is 0. The van der Waals surface area contributed by atoms with E-state index in [1.807, 2.05) is 30.3 Å². The van der Waals surface area contributed by atoms with Gasteiger partial charge >= 0.3 is 0 Å². The van der Waals surface area contributed by atoms with Crippen molar-refractivity contribution in [1.82, 2.24) is 0 Å². The van der Waals surface area contributed by atoms with E-state index in [1.165, 1.54) is 5.56 Å². The van der Waals surface area contributed by atoms with Crippen LogP contribution in [0, 0.1) is 0 Å². The molecule has 0 amide bonds. The minimum Gasteiger partial charge on any atom is -0.302 e. The standard InChI is InChI=1S/C9H9IO/c10-9(7-11)6-8-4-2-1-3-5-8/h1-5,7,9H,6H2. The number of halogens is 1. The summed E-state index contributed by atoms with van der Waals surface area (Å²) in [6.45, 7) is 0. The molecule has 1 rings (SSSR count). The summed E-state index contributed by atoms with van der Waals surface area (Å²) in [6, 6.07) is 10.0. The molecule has 1 aromatic carbocycles. The van der Waals surface area contributed by atoms with Crippen LogP contribution in [0.25, 0.3) is 0 Å². The molecule has 2 heteroatoms. The maximum atomic E-state index is 10.3. The first-order valence-electron chi connectivity index (χ1n) is 3.46. The Balaban J connectivity index is 2.57. The zero-order valence-electron chi connectivity index (χ0n) is 6.03. The molecule has 0 fully saturated rings. The number of carbonyl (C=O) groups is 1. The summed E-state index contributed by atoms with van der Waals surface area (Å²) >= 11 is 2.14. The fraction of sp³-hybridized carbons (Fsp3) is 0.222. The van der Waals surface area contributed by atoms with Crippen LogP contribution in [-0.4, -0.2) is 10.2 Å². The maximum Gasteiger partial charge on any atom is 0.133 e. The Kier molecular flexibility index (Phi) is 3.56. The van der Waals surface area contributed by atoms with Crippen molar-refractivity contribution in [3.05, 3.63) is 35.9 Å². The van der Waals surface area contributed by atoms with Crippen LogP contribution < -0.4 is 0 Å². The predicted molar refractivity (Wildman–Crippen MR) is 54.0 cm³/mol. The molecule has 0 aliphatic carbocycles. The number of aldehydes is 1. The van der Waals surface area contributed by atoms with Gasteiger partial charge in [0.15, 0.2) is 0 Å². The molecule has 0 bridgehead atoms. The number of alkyl halides is 1. The molecular formula is C9H9IO. The molecule has 0 aromatic heterocycles. The molecular weight excluding hydrogens is 251 g/mol. The fourth-order valence-corrected chi connectivity index (χ4v) is 1.40. The highest BCUT2D eigenvalue weighted by atomic mass is 127. The summed E-state index contributed by atoms with van der Waals surface area (Å²) in [5, 5.41) is 0. The van der Waals surface area contributed by atoms with Gasteiger partial charge in [0.25, 0.3) is 0 Å². The van der Waals surface area contributed by atoms with Crippen LogP contribution in [0.3, 0.4) is 0 Å². The van der Waals surface area contributed by atoms with Crippen LogP contribution in [0.5, 0.6) is 0 Å². The summed E-state index contributed by atoms with van der Waals surface area (Å²) in [5.74, 6) is 0. The maximum absolute atomic E-state index is 10.3. The number of carbonyl (C=O) groups excluding carboxylic acids is 1. The molecule has 58 valence electrons. The Morgan fingerprint density at radius 1 is 1.36 bits per heavy atom. The number of hydrogen-bond donors (Lipinski definition) is 0. The molecule has 0 radical (unpaired) electrons. The minimum absolute atomic E-state index is 0.106. The van der Waals surface area contributed by atoms with Crippen LogP contribution in [0.2, 0.25) is 0 Å². The van der Waals surface area contributed by atoms with Crippen molar-refractivity contribution in [2.24, 2.45) is 0 Å². The average molecular weight is 260 g/mol. The smallest absolute Gasteiger partial charge is 0.133 e. The first kappa shape index (κ1) is 8.71. The van der Waals surface area contributed by atoms with E-state index < -0.39 is 0 Å². The first-order chi connectivity index (χ1) is 5.33. The quantitative estimate of drug-likeness (QED) is 0.462. The summed E-state index contributed by atoms with van der Waals surface area (Å²) in [6.07, 6.45) is 1.82. The van der Waals surface area contributed by atoms with Crippen LogP contribution in [-0.2, 0) is 11.2 Å². The molecule has 0 saturated carbocycles. The molecule has 0 heterocycles. The Hall–Kier alpha value is -0.380. The van der Waals surface area contributed by atoms with E-state index in [0.29, 0.717) is 0 Å². The monoisotopic (exact) mass is 260 g/mol. The van der Waals surface area contributed by atoms with Crippen molar-refractivity contribution >= 4 is 28.9 Å². The summed E-state index contributed by atoms with van der Waals surface area (Å²) in [5.41, 5.74) is 1.22. The van der Waals surface area contributed by atoms with E-state index in [1.54, 1.807) is 0 Å². The fourth-order valence-electron chi connectivity index (χ4n) is 0.887. The third-order valence-electron chi connectivity index (χ3n) is 1.42. The Morgan fingerprint density at radius 2 is 2.00 bits per heavy atom. The molecule has 0 aliphatic rings. The van der Waals surface area contributed by atoms with E-state index in [4.69, 9.17) is 0 Å². The average Bonchev–Trinajstić information content (AvgIpc) is 2.06. The van der Waals surface area contributed by atoms with Gasteiger partial charge in [-0.1, -0.05) is 52.9 Å². The van der Waals surface area contributed by atoms with Crippen molar-refractivity contribution in [3.8, 4) is 0 Å². The van der Waals surface area contributed by atoms with E-state index in [9.17, 15) is 4.79 Å². The predicted octanol–water partition coefficient (Wildman–Crippen LogP) is 2.23. The van der Waals surface area contributed by atoms with Gasteiger partial charge in [0.1, 0.15) is 6.29 Å². The lowest BCUT2D eigenvalue weighted by Gasteiger charge is -2.00. The number of hydrogen-bond acceptors (Lipinski definition) is 1. The second kappa shape index (κ2) is 4.49. The molecule has 1 nitrogen and oxygen atoms in total. The Labute approximate surface area is 79.9 Å². The van der Waals surface area contributed by atoms with Crippen molar-refractivity contribution in [2.45, 2.75) is 10.3 Å². The van der Waals surface area contributed by atoms with E-state index in [0.717, 1.165) is 12.7 Å². The molecule has 0 saturated heterocycles. The van der Waals surface area contributed by atoms with Crippen molar-refractivity contribution < 1.29 is 4.79 Å². The third-order valence-corrected chi connectivity index (χ3v) is 2.16. The van der Waals surface area contributed by atoms with Gasteiger partial charge in [0.05, 0.1) is 3.92 Å². The van der Waals surface area contributed by atoms with Gasteiger partial charge in [-0.3, -0.25) is 0 Å². The highest BCUT2D eigenvalue weighted by molar-refractivity contribution is 14.1. The van der Waals surface area contributed by atoms with Gasteiger partial charge < -0.3 is 4.79 Å². The number of rotatable bonds is 3. The number of benzene rings is 1. The molecule has 1 aromatic rings. The SMILES string of the molecule is O=CC(I)Cc1ccccc1. The zero-order valence-corrected chi connectivity index (χ0v) is 8.19. The molecule has 1 atom stereocenters. The lowest BCUT2D eigenvalue weighted by molar-refractivity contribution is -0.107. The van der Waals surface area contributed by atoms with Gasteiger partial charge in [0, 0.05) is 0 Å². The second-order valence-corrected chi connectivity index (χ2v) is 3.94. The summed E-state index contributed by atoms with van der Waals surface area (Å²) in [4.78, 5) is 10.3.